The predicted molar refractivity (Wildman–Crippen MR) is 145 cm³/mol. The van der Waals surface area contributed by atoms with Crippen LogP contribution in [0.3, 0.4) is 0 Å². The van der Waals surface area contributed by atoms with E-state index in [-0.39, 0.29) is 23.3 Å². The molecule has 1 heterocycles. The van der Waals surface area contributed by atoms with Crippen LogP contribution in [0.1, 0.15) is 72.3 Å². The summed E-state index contributed by atoms with van der Waals surface area (Å²) in [6.07, 6.45) is 2.38. The molecule has 0 aliphatic carbocycles. The highest BCUT2D eigenvalue weighted by Gasteiger charge is 2.24. The molecule has 2 aromatic carbocycles. The van der Waals surface area contributed by atoms with Crippen LogP contribution in [0.5, 0.6) is 0 Å². The number of carbonyl (C=O) groups is 2. The van der Waals surface area contributed by atoms with Crippen LogP contribution in [-0.2, 0) is 14.3 Å². The quantitative estimate of drug-likeness (QED) is 0.385. The van der Waals surface area contributed by atoms with Crippen LogP contribution in [0.25, 0.3) is 22.7 Å². The lowest BCUT2D eigenvalue weighted by Gasteiger charge is -2.23. The summed E-state index contributed by atoms with van der Waals surface area (Å²) in [5, 5.41) is 2.79. The molecule has 0 saturated carbocycles. The second-order valence-electron chi connectivity index (χ2n) is 11.0. The number of nitrogens with one attached hydrogen (secondary N) is 1. The van der Waals surface area contributed by atoms with Crippen molar-refractivity contribution in [3.63, 3.8) is 0 Å². The number of benzene rings is 2. The minimum atomic E-state index is -0.888. The predicted octanol–water partition coefficient (Wildman–Crippen LogP) is 5.99. The molecule has 1 atom stereocenters. The Morgan fingerprint density at radius 2 is 1.64 bits per heavy atom. The SMILES string of the molecule is C[C@H](NC(=O)OC(C)(C)C)c1nc2cccc(/C=C/CC(=O)OC(C)(C)C)c2c(=O)n1-c1cc(F)cc(F)c1. The fourth-order valence-corrected chi connectivity index (χ4v) is 3.83. The molecule has 0 saturated heterocycles. The minimum absolute atomic E-state index is 0.0285. The zero-order chi connectivity index (χ0) is 29.1. The molecule has 1 N–H and O–H groups in total. The van der Waals surface area contributed by atoms with E-state index in [0.717, 1.165) is 16.7 Å². The van der Waals surface area contributed by atoms with E-state index in [0.29, 0.717) is 17.1 Å². The zero-order valence-corrected chi connectivity index (χ0v) is 23.1. The second kappa shape index (κ2) is 11.3. The number of carbonyl (C=O) groups excluding carboxylic acids is 2. The smallest absolute Gasteiger partial charge is 0.408 e. The summed E-state index contributed by atoms with van der Waals surface area (Å²) in [5.41, 5.74) is -1.39. The Morgan fingerprint density at radius 1 is 1.03 bits per heavy atom. The number of hydrogen-bond acceptors (Lipinski definition) is 6. The molecular formula is C29H33F2N3O5. The third-order valence-electron chi connectivity index (χ3n) is 5.18. The number of halogens is 2. The minimum Gasteiger partial charge on any atom is -0.460 e. The highest BCUT2D eigenvalue weighted by molar-refractivity contribution is 5.88. The number of ether oxygens (including phenoxy) is 2. The number of aromatic nitrogens is 2. The molecule has 39 heavy (non-hydrogen) atoms. The lowest BCUT2D eigenvalue weighted by atomic mass is 10.1. The lowest BCUT2D eigenvalue weighted by molar-refractivity contribution is -0.153. The van der Waals surface area contributed by atoms with Gasteiger partial charge in [0.15, 0.2) is 0 Å². The third kappa shape index (κ3) is 7.95. The number of esters is 1. The molecule has 3 aromatic rings. The molecule has 8 nitrogen and oxygen atoms in total. The normalized spacial score (nSPS) is 12.9. The number of fused-ring (bicyclic) bond motifs is 1. The molecule has 1 aromatic heterocycles. The Kier molecular flexibility index (Phi) is 8.58. The molecule has 0 aliphatic heterocycles. The van der Waals surface area contributed by atoms with Gasteiger partial charge in [0.05, 0.1) is 29.1 Å². The first-order valence-corrected chi connectivity index (χ1v) is 12.4. The molecule has 0 aliphatic rings. The Morgan fingerprint density at radius 3 is 2.23 bits per heavy atom. The van der Waals surface area contributed by atoms with Crippen molar-refractivity contribution in [2.75, 3.05) is 0 Å². The van der Waals surface area contributed by atoms with Crippen molar-refractivity contribution in [3.05, 3.63) is 75.9 Å². The summed E-state index contributed by atoms with van der Waals surface area (Å²) in [4.78, 5) is 43.1. The van der Waals surface area contributed by atoms with Crippen LogP contribution in [-0.4, -0.2) is 32.8 Å². The van der Waals surface area contributed by atoms with E-state index in [2.05, 4.69) is 10.3 Å². The van der Waals surface area contributed by atoms with Crippen LogP contribution >= 0.6 is 0 Å². The van der Waals surface area contributed by atoms with E-state index in [1.807, 2.05) is 0 Å². The Hall–Kier alpha value is -4.08. The Bertz CT molecular complexity index is 1460. The molecule has 208 valence electrons. The van der Waals surface area contributed by atoms with Crippen molar-refractivity contribution in [3.8, 4) is 5.69 Å². The van der Waals surface area contributed by atoms with Gasteiger partial charge in [-0.1, -0.05) is 24.3 Å². The first kappa shape index (κ1) is 29.5. The van der Waals surface area contributed by atoms with Crippen molar-refractivity contribution < 1.29 is 27.8 Å². The number of rotatable bonds is 6. The second-order valence-corrected chi connectivity index (χ2v) is 11.0. The number of alkyl carbamates (subject to hydrolysis) is 1. The maximum atomic E-state index is 14.2. The average molecular weight is 542 g/mol. The fourth-order valence-electron chi connectivity index (χ4n) is 3.83. The molecular weight excluding hydrogens is 508 g/mol. The third-order valence-corrected chi connectivity index (χ3v) is 5.18. The summed E-state index contributed by atoms with van der Waals surface area (Å²) < 4.78 is 40.1. The summed E-state index contributed by atoms with van der Waals surface area (Å²) in [6, 6.07) is 6.78. The number of amides is 1. The van der Waals surface area contributed by atoms with Crippen molar-refractivity contribution >= 4 is 29.0 Å². The number of hydrogen-bond donors (Lipinski definition) is 1. The van der Waals surface area contributed by atoms with Gasteiger partial charge in [0.1, 0.15) is 28.7 Å². The fraction of sp³-hybridized carbons (Fsp3) is 0.379. The molecule has 0 radical (unpaired) electrons. The van der Waals surface area contributed by atoms with Gasteiger partial charge < -0.3 is 14.8 Å². The van der Waals surface area contributed by atoms with Gasteiger partial charge in [0.2, 0.25) is 0 Å². The molecule has 0 spiro atoms. The molecule has 10 heteroatoms. The molecule has 0 fully saturated rings. The van der Waals surface area contributed by atoms with Crippen LogP contribution in [0, 0.1) is 11.6 Å². The van der Waals surface area contributed by atoms with Gasteiger partial charge in [-0.05, 0) is 72.2 Å². The van der Waals surface area contributed by atoms with Gasteiger partial charge >= 0.3 is 12.1 Å². The van der Waals surface area contributed by atoms with Crippen LogP contribution in [0.4, 0.5) is 13.6 Å². The van der Waals surface area contributed by atoms with E-state index >= 15 is 0 Å². The van der Waals surface area contributed by atoms with Gasteiger partial charge in [-0.3, -0.25) is 14.2 Å². The van der Waals surface area contributed by atoms with Gasteiger partial charge in [0.25, 0.3) is 5.56 Å². The number of nitrogens with zero attached hydrogens (tertiary/aromatic N) is 2. The first-order chi connectivity index (χ1) is 18.0. The van der Waals surface area contributed by atoms with Gasteiger partial charge in [0, 0.05) is 6.07 Å². The molecule has 0 bridgehead atoms. The van der Waals surface area contributed by atoms with Crippen molar-refractivity contribution in [2.45, 2.75) is 72.1 Å². The van der Waals surface area contributed by atoms with Crippen LogP contribution in [0.2, 0.25) is 0 Å². The summed E-state index contributed by atoms with van der Waals surface area (Å²) in [7, 11) is 0. The Labute approximate surface area is 225 Å². The molecule has 3 rings (SSSR count). The van der Waals surface area contributed by atoms with Gasteiger partial charge in [-0.25, -0.2) is 18.6 Å². The first-order valence-electron chi connectivity index (χ1n) is 12.4. The van der Waals surface area contributed by atoms with Crippen molar-refractivity contribution in [2.24, 2.45) is 0 Å². The lowest BCUT2D eigenvalue weighted by Crippen LogP contribution is -2.37. The maximum absolute atomic E-state index is 14.2. The van der Waals surface area contributed by atoms with Gasteiger partial charge in [-0.15, -0.1) is 0 Å². The summed E-state index contributed by atoms with van der Waals surface area (Å²) in [6.45, 7) is 12.0. The Balaban J connectivity index is 2.15. The molecule has 1 amide bonds. The van der Waals surface area contributed by atoms with E-state index in [9.17, 15) is 23.2 Å². The monoisotopic (exact) mass is 541 g/mol. The van der Waals surface area contributed by atoms with E-state index in [4.69, 9.17) is 9.47 Å². The highest BCUT2D eigenvalue weighted by atomic mass is 19.1. The van der Waals surface area contributed by atoms with E-state index < -0.39 is 46.5 Å². The van der Waals surface area contributed by atoms with E-state index in [1.54, 1.807) is 78.8 Å². The standard InChI is InChI=1S/C29H33F2N3O5/c1-17(32-27(37)39-29(5,6)7)25-33-22-12-8-10-18(11-9-13-23(35)38-28(2,3)4)24(22)26(36)34(25)21-15-19(30)14-20(31)16-21/h8-12,14-17H,13H2,1-7H3,(H,32,37)/b11-9+/t17-/m0/s1. The maximum Gasteiger partial charge on any atom is 0.408 e. The van der Waals surface area contributed by atoms with Crippen molar-refractivity contribution in [1.29, 1.82) is 0 Å². The van der Waals surface area contributed by atoms with Gasteiger partial charge in [-0.2, -0.15) is 0 Å². The highest BCUT2D eigenvalue weighted by Crippen LogP contribution is 2.23. The average Bonchev–Trinajstić information content (AvgIpc) is 2.75. The zero-order valence-electron chi connectivity index (χ0n) is 23.1. The molecule has 0 unspecified atom stereocenters. The van der Waals surface area contributed by atoms with Crippen molar-refractivity contribution in [1.82, 2.24) is 14.9 Å². The largest absolute Gasteiger partial charge is 0.460 e. The topological polar surface area (TPSA) is 99.5 Å². The summed E-state index contributed by atoms with van der Waals surface area (Å²) >= 11 is 0. The van der Waals surface area contributed by atoms with E-state index in [1.165, 1.54) is 0 Å². The van der Waals surface area contributed by atoms with Crippen LogP contribution < -0.4 is 10.9 Å². The van der Waals surface area contributed by atoms with Crippen LogP contribution in [0.15, 0.2) is 47.3 Å². The summed E-state index contributed by atoms with van der Waals surface area (Å²) in [5.74, 6) is -2.17.